The second-order valence-corrected chi connectivity index (χ2v) is 6.66. The van der Waals surface area contributed by atoms with Crippen molar-refractivity contribution < 1.29 is 14.3 Å². The van der Waals surface area contributed by atoms with Gasteiger partial charge in [0.25, 0.3) is 5.91 Å². The Balaban J connectivity index is 1.53. The molecule has 2 aliphatic rings. The second-order valence-electron chi connectivity index (χ2n) is 6.66. The van der Waals surface area contributed by atoms with Crippen LogP contribution in [-0.4, -0.2) is 26.9 Å². The van der Waals surface area contributed by atoms with E-state index < -0.39 is 0 Å². The molecule has 0 aliphatic heterocycles. The third-order valence-corrected chi connectivity index (χ3v) is 4.72. The number of hydrogen-bond acceptors (Lipinski definition) is 4. The summed E-state index contributed by atoms with van der Waals surface area (Å²) in [6, 6.07) is 7.31. The van der Waals surface area contributed by atoms with Crippen LogP contribution >= 0.6 is 0 Å². The smallest absolute Gasteiger partial charge is 0.276 e. The highest BCUT2D eigenvalue weighted by molar-refractivity contribution is 5.95. The van der Waals surface area contributed by atoms with E-state index in [2.05, 4.69) is 11.9 Å². The number of carbonyl (C=O) groups excluding carboxylic acids is 1. The predicted octanol–water partition coefficient (Wildman–Crippen LogP) is 3.31. The minimum atomic E-state index is -0.233. The Hall–Kier alpha value is -2.30. The molecule has 0 unspecified atom stereocenters. The van der Waals surface area contributed by atoms with Crippen LogP contribution in [0.25, 0.3) is 0 Å². The SMILES string of the molecule is C[C@H]1C[C@H]1c1ccc(CN(C(=O)c2ncccc2O)C2CC2)o1. The molecule has 5 nitrogen and oxygen atoms in total. The molecule has 2 aromatic rings. The molecule has 4 rings (SSSR count). The molecule has 2 aromatic heterocycles. The highest BCUT2D eigenvalue weighted by atomic mass is 16.3. The van der Waals surface area contributed by atoms with E-state index >= 15 is 0 Å². The Kier molecular flexibility index (Phi) is 3.36. The lowest BCUT2D eigenvalue weighted by Crippen LogP contribution is -2.33. The molecular weight excluding hydrogens is 292 g/mol. The summed E-state index contributed by atoms with van der Waals surface area (Å²) in [5.74, 6) is 2.75. The van der Waals surface area contributed by atoms with E-state index in [1.165, 1.54) is 18.7 Å². The first-order valence-electron chi connectivity index (χ1n) is 8.17. The van der Waals surface area contributed by atoms with Crippen molar-refractivity contribution >= 4 is 5.91 Å². The molecule has 1 amide bonds. The summed E-state index contributed by atoms with van der Waals surface area (Å²) >= 11 is 0. The Labute approximate surface area is 134 Å². The Bertz CT molecular complexity index is 735. The molecule has 23 heavy (non-hydrogen) atoms. The molecular formula is C18H20N2O3. The fraction of sp³-hybridized carbons (Fsp3) is 0.444. The van der Waals surface area contributed by atoms with Gasteiger partial charge in [-0.05, 0) is 49.4 Å². The van der Waals surface area contributed by atoms with Gasteiger partial charge in [0.15, 0.2) is 5.69 Å². The maximum Gasteiger partial charge on any atom is 0.276 e. The largest absolute Gasteiger partial charge is 0.505 e. The molecule has 2 saturated carbocycles. The van der Waals surface area contributed by atoms with Crippen molar-refractivity contribution in [2.75, 3.05) is 0 Å². The van der Waals surface area contributed by atoms with Crippen molar-refractivity contribution in [2.45, 2.75) is 44.7 Å². The van der Waals surface area contributed by atoms with Crippen LogP contribution in [0.2, 0.25) is 0 Å². The van der Waals surface area contributed by atoms with Gasteiger partial charge in [-0.2, -0.15) is 0 Å². The van der Waals surface area contributed by atoms with Gasteiger partial charge in [0, 0.05) is 18.2 Å². The van der Waals surface area contributed by atoms with Gasteiger partial charge >= 0.3 is 0 Å². The van der Waals surface area contributed by atoms with Gasteiger partial charge in [-0.1, -0.05) is 6.92 Å². The fourth-order valence-electron chi connectivity index (χ4n) is 3.02. The number of aromatic hydroxyl groups is 1. The zero-order valence-electron chi connectivity index (χ0n) is 13.1. The maximum absolute atomic E-state index is 12.7. The van der Waals surface area contributed by atoms with Gasteiger partial charge in [-0.15, -0.1) is 0 Å². The molecule has 0 aromatic carbocycles. The molecule has 0 bridgehead atoms. The lowest BCUT2D eigenvalue weighted by atomic mass is 10.2. The summed E-state index contributed by atoms with van der Waals surface area (Å²) < 4.78 is 5.93. The van der Waals surface area contributed by atoms with Crippen LogP contribution in [-0.2, 0) is 6.54 Å². The Morgan fingerprint density at radius 2 is 2.17 bits per heavy atom. The van der Waals surface area contributed by atoms with Gasteiger partial charge in [0.1, 0.15) is 17.3 Å². The van der Waals surface area contributed by atoms with Gasteiger partial charge in [-0.25, -0.2) is 4.98 Å². The van der Waals surface area contributed by atoms with Crippen LogP contribution in [0.5, 0.6) is 5.75 Å². The molecule has 2 atom stereocenters. The monoisotopic (exact) mass is 312 g/mol. The van der Waals surface area contributed by atoms with E-state index in [1.807, 2.05) is 12.1 Å². The van der Waals surface area contributed by atoms with Gasteiger partial charge in [-0.3, -0.25) is 4.79 Å². The summed E-state index contributed by atoms with van der Waals surface area (Å²) in [5.41, 5.74) is 0.113. The van der Waals surface area contributed by atoms with Crippen LogP contribution in [0.4, 0.5) is 0 Å². The molecule has 2 fully saturated rings. The fourth-order valence-corrected chi connectivity index (χ4v) is 3.02. The highest BCUT2D eigenvalue weighted by Crippen LogP contribution is 2.47. The zero-order chi connectivity index (χ0) is 16.0. The van der Waals surface area contributed by atoms with Gasteiger partial charge in [0.05, 0.1) is 6.54 Å². The summed E-state index contributed by atoms with van der Waals surface area (Å²) in [5, 5.41) is 9.88. The quantitative estimate of drug-likeness (QED) is 0.920. The van der Waals surface area contributed by atoms with Crippen molar-refractivity contribution in [2.24, 2.45) is 5.92 Å². The lowest BCUT2D eigenvalue weighted by Gasteiger charge is -2.21. The van der Waals surface area contributed by atoms with Crippen LogP contribution in [0.1, 0.15) is 54.1 Å². The van der Waals surface area contributed by atoms with E-state index in [0.717, 1.165) is 24.4 Å². The number of pyridine rings is 1. The molecule has 0 radical (unpaired) electrons. The minimum Gasteiger partial charge on any atom is -0.505 e. The van der Waals surface area contributed by atoms with E-state index in [9.17, 15) is 9.90 Å². The third-order valence-electron chi connectivity index (χ3n) is 4.72. The van der Waals surface area contributed by atoms with Crippen LogP contribution in [0, 0.1) is 5.92 Å². The molecule has 0 spiro atoms. The van der Waals surface area contributed by atoms with Crippen LogP contribution in [0.15, 0.2) is 34.9 Å². The molecule has 2 heterocycles. The van der Waals surface area contributed by atoms with E-state index in [-0.39, 0.29) is 23.4 Å². The number of amides is 1. The number of carbonyl (C=O) groups is 1. The Morgan fingerprint density at radius 3 is 2.83 bits per heavy atom. The number of rotatable bonds is 5. The average Bonchev–Trinajstić information content (AvgIpc) is 3.46. The van der Waals surface area contributed by atoms with Crippen molar-refractivity contribution in [3.8, 4) is 5.75 Å². The average molecular weight is 312 g/mol. The summed E-state index contributed by atoms with van der Waals surface area (Å²) in [6.07, 6.45) is 4.69. The van der Waals surface area contributed by atoms with Gasteiger partial charge < -0.3 is 14.4 Å². The number of aromatic nitrogens is 1. The van der Waals surface area contributed by atoms with Crippen molar-refractivity contribution in [3.63, 3.8) is 0 Å². The van der Waals surface area contributed by atoms with Crippen molar-refractivity contribution in [1.82, 2.24) is 9.88 Å². The van der Waals surface area contributed by atoms with Crippen molar-refractivity contribution in [1.29, 1.82) is 0 Å². The summed E-state index contributed by atoms with van der Waals surface area (Å²) in [4.78, 5) is 18.5. The summed E-state index contributed by atoms with van der Waals surface area (Å²) in [6.45, 7) is 2.65. The predicted molar refractivity (Wildman–Crippen MR) is 84.0 cm³/mol. The Morgan fingerprint density at radius 1 is 1.39 bits per heavy atom. The topological polar surface area (TPSA) is 66.6 Å². The molecule has 1 N–H and O–H groups in total. The van der Waals surface area contributed by atoms with Crippen LogP contribution in [0.3, 0.4) is 0 Å². The zero-order valence-corrected chi connectivity index (χ0v) is 13.1. The first kappa shape index (κ1) is 14.3. The van der Waals surface area contributed by atoms with E-state index in [4.69, 9.17) is 4.42 Å². The van der Waals surface area contributed by atoms with Crippen molar-refractivity contribution in [3.05, 3.63) is 47.7 Å². The normalized spacial score (nSPS) is 22.8. The molecule has 120 valence electrons. The molecule has 2 aliphatic carbocycles. The number of nitrogens with zero attached hydrogens (tertiary/aromatic N) is 2. The molecule has 0 saturated heterocycles. The van der Waals surface area contributed by atoms with Crippen LogP contribution < -0.4 is 0 Å². The highest BCUT2D eigenvalue weighted by Gasteiger charge is 2.38. The lowest BCUT2D eigenvalue weighted by molar-refractivity contribution is 0.0707. The number of hydrogen-bond donors (Lipinski definition) is 1. The molecule has 5 heteroatoms. The second kappa shape index (κ2) is 5.41. The summed E-state index contributed by atoms with van der Waals surface area (Å²) in [7, 11) is 0. The maximum atomic E-state index is 12.7. The van der Waals surface area contributed by atoms with E-state index in [0.29, 0.717) is 18.4 Å². The third kappa shape index (κ3) is 2.83. The van der Waals surface area contributed by atoms with Gasteiger partial charge in [0.2, 0.25) is 0 Å². The van der Waals surface area contributed by atoms with E-state index in [1.54, 1.807) is 11.0 Å². The first-order chi connectivity index (χ1) is 11.1. The standard InChI is InChI=1S/C18H20N2O3/c1-11-9-14(11)16-7-6-13(23-16)10-20(12-4-5-12)18(22)17-15(21)3-2-8-19-17/h2-3,6-8,11-12,14,21H,4-5,9-10H2,1H3/t11-,14+/m0/s1. The minimum absolute atomic E-state index is 0.0740. The first-order valence-corrected chi connectivity index (χ1v) is 8.17. The number of furan rings is 1.